The second-order valence-electron chi connectivity index (χ2n) is 6.65. The van der Waals surface area contributed by atoms with E-state index in [9.17, 15) is 0 Å². The molecule has 0 saturated carbocycles. The summed E-state index contributed by atoms with van der Waals surface area (Å²) in [5.74, 6) is 0.874. The average Bonchev–Trinajstić information content (AvgIpc) is 3.08. The van der Waals surface area contributed by atoms with Gasteiger partial charge in [-0.25, -0.2) is 0 Å². The van der Waals surface area contributed by atoms with Crippen LogP contribution in [0.25, 0.3) is 38.6 Å². The van der Waals surface area contributed by atoms with Gasteiger partial charge < -0.3 is 9.30 Å². The van der Waals surface area contributed by atoms with Crippen molar-refractivity contribution in [3.8, 4) is 22.6 Å². The van der Waals surface area contributed by atoms with Crippen molar-refractivity contribution in [2.75, 3.05) is 7.11 Å². The van der Waals surface area contributed by atoms with Crippen molar-refractivity contribution in [3.05, 3.63) is 97.1 Å². The molecule has 0 N–H and O–H groups in total. The summed E-state index contributed by atoms with van der Waals surface area (Å²) in [5, 5.41) is 2.52. The van der Waals surface area contributed by atoms with E-state index in [0.29, 0.717) is 0 Å². The fraction of sp³-hybridized carbons (Fsp3) is 0.0400. The van der Waals surface area contributed by atoms with Gasteiger partial charge >= 0.3 is 0 Å². The van der Waals surface area contributed by atoms with Crippen LogP contribution in [-0.2, 0) is 0 Å². The second-order valence-corrected chi connectivity index (χ2v) is 6.65. The maximum absolute atomic E-state index is 5.39. The molecule has 0 unspecified atom stereocenters. The summed E-state index contributed by atoms with van der Waals surface area (Å²) < 4.78 is 7.73. The van der Waals surface area contributed by atoms with E-state index in [1.807, 2.05) is 12.1 Å². The van der Waals surface area contributed by atoms with Gasteiger partial charge in [-0.05, 0) is 53.6 Å². The molecule has 1 heterocycles. The Morgan fingerprint density at radius 3 is 2.19 bits per heavy atom. The molecule has 27 heavy (non-hydrogen) atoms. The Kier molecular flexibility index (Phi) is 3.68. The van der Waals surface area contributed by atoms with Gasteiger partial charge in [0, 0.05) is 16.5 Å². The average molecular weight is 349 g/mol. The molecule has 0 atom stereocenters. The van der Waals surface area contributed by atoms with Crippen molar-refractivity contribution >= 4 is 21.8 Å². The molecule has 0 fully saturated rings. The van der Waals surface area contributed by atoms with Crippen molar-refractivity contribution in [3.63, 3.8) is 0 Å². The van der Waals surface area contributed by atoms with Gasteiger partial charge in [-0.1, -0.05) is 54.6 Å². The lowest BCUT2D eigenvalue weighted by molar-refractivity contribution is 0.415. The summed E-state index contributed by atoms with van der Waals surface area (Å²) >= 11 is 0. The molecule has 2 nitrogen and oxygen atoms in total. The highest BCUT2D eigenvalue weighted by Crippen LogP contribution is 2.35. The van der Waals surface area contributed by atoms with Gasteiger partial charge in [0.2, 0.25) is 0 Å². The van der Waals surface area contributed by atoms with Crippen molar-refractivity contribution in [2.45, 2.75) is 0 Å². The molecular weight excluding hydrogens is 330 g/mol. The Bertz CT molecular complexity index is 1250. The van der Waals surface area contributed by atoms with Crippen LogP contribution in [0, 0.1) is 0 Å². The molecule has 0 radical (unpaired) electrons. The third-order valence-corrected chi connectivity index (χ3v) is 5.09. The van der Waals surface area contributed by atoms with E-state index in [4.69, 9.17) is 4.74 Å². The normalized spacial score (nSPS) is 11.1. The minimum Gasteiger partial charge on any atom is -0.497 e. The minimum atomic E-state index is 0.874. The fourth-order valence-electron chi connectivity index (χ4n) is 3.81. The van der Waals surface area contributed by atoms with Gasteiger partial charge in [0.05, 0.1) is 18.1 Å². The van der Waals surface area contributed by atoms with Crippen molar-refractivity contribution in [1.82, 2.24) is 4.57 Å². The van der Waals surface area contributed by atoms with Gasteiger partial charge in [-0.15, -0.1) is 0 Å². The topological polar surface area (TPSA) is 14.2 Å². The predicted octanol–water partition coefficient (Wildman–Crippen LogP) is 6.46. The lowest BCUT2D eigenvalue weighted by atomic mass is 10.0. The molecule has 0 aliphatic rings. The molecule has 0 aliphatic carbocycles. The number of aromatic nitrogens is 1. The first-order chi connectivity index (χ1) is 13.3. The maximum Gasteiger partial charge on any atom is 0.119 e. The number of nitrogens with zero attached hydrogens (tertiary/aromatic N) is 1. The van der Waals surface area contributed by atoms with E-state index in [-0.39, 0.29) is 0 Å². The van der Waals surface area contributed by atoms with Crippen molar-refractivity contribution in [2.24, 2.45) is 0 Å². The number of hydrogen-bond donors (Lipinski definition) is 0. The lowest BCUT2D eigenvalue weighted by Crippen LogP contribution is -1.92. The van der Waals surface area contributed by atoms with Crippen LogP contribution in [0.5, 0.6) is 5.75 Å². The van der Waals surface area contributed by atoms with Crippen molar-refractivity contribution in [1.29, 1.82) is 0 Å². The Hall–Kier alpha value is -3.52. The number of ether oxygens (including phenoxy) is 1. The first-order valence-electron chi connectivity index (χ1n) is 9.08. The number of benzene rings is 4. The summed E-state index contributed by atoms with van der Waals surface area (Å²) in [6.07, 6.45) is 0. The first kappa shape index (κ1) is 15.7. The molecule has 4 aromatic carbocycles. The third-order valence-electron chi connectivity index (χ3n) is 5.09. The highest BCUT2D eigenvalue weighted by atomic mass is 16.5. The van der Waals surface area contributed by atoms with Gasteiger partial charge in [0.15, 0.2) is 0 Å². The van der Waals surface area contributed by atoms with Crippen molar-refractivity contribution < 1.29 is 4.74 Å². The smallest absolute Gasteiger partial charge is 0.119 e. The van der Waals surface area contributed by atoms with Crippen LogP contribution < -0.4 is 4.74 Å². The zero-order chi connectivity index (χ0) is 18.2. The molecule has 0 saturated heterocycles. The highest BCUT2D eigenvalue weighted by molar-refractivity contribution is 6.10. The van der Waals surface area contributed by atoms with Crippen LogP contribution in [0.2, 0.25) is 0 Å². The zero-order valence-electron chi connectivity index (χ0n) is 15.1. The number of fused-ring (bicyclic) bond motifs is 3. The molecule has 5 rings (SSSR count). The minimum absolute atomic E-state index is 0.874. The zero-order valence-corrected chi connectivity index (χ0v) is 15.1. The largest absolute Gasteiger partial charge is 0.497 e. The highest BCUT2D eigenvalue weighted by Gasteiger charge is 2.12. The maximum atomic E-state index is 5.39. The van der Waals surface area contributed by atoms with Crippen LogP contribution in [0.15, 0.2) is 97.1 Å². The van der Waals surface area contributed by atoms with E-state index >= 15 is 0 Å². The lowest BCUT2D eigenvalue weighted by Gasteiger charge is -2.08. The Labute approximate surface area is 158 Å². The van der Waals surface area contributed by atoms with E-state index in [1.54, 1.807) is 7.11 Å². The SMILES string of the molecule is COc1cccc(-c2ccc3c(c2)c2ccccc2n3-c2ccccc2)c1. The van der Waals surface area contributed by atoms with Gasteiger partial charge in [0.1, 0.15) is 5.75 Å². The van der Waals surface area contributed by atoms with Crippen LogP contribution >= 0.6 is 0 Å². The second kappa shape index (κ2) is 6.33. The summed E-state index contributed by atoms with van der Waals surface area (Å²) in [5.41, 5.74) is 5.97. The molecular formula is C25H19NO. The first-order valence-corrected chi connectivity index (χ1v) is 9.08. The molecule has 2 heteroatoms. The van der Waals surface area contributed by atoms with E-state index in [2.05, 4.69) is 89.5 Å². The number of methoxy groups -OCH3 is 1. The molecule has 5 aromatic rings. The van der Waals surface area contributed by atoms with Crippen LogP contribution in [-0.4, -0.2) is 11.7 Å². The van der Waals surface area contributed by atoms with Crippen LogP contribution in [0.3, 0.4) is 0 Å². The molecule has 1 aromatic heterocycles. The quantitative estimate of drug-likeness (QED) is 0.364. The van der Waals surface area contributed by atoms with E-state index in [1.165, 1.54) is 33.1 Å². The number of hydrogen-bond acceptors (Lipinski definition) is 1. The Balaban J connectivity index is 1.80. The van der Waals surface area contributed by atoms with E-state index < -0.39 is 0 Å². The monoisotopic (exact) mass is 349 g/mol. The summed E-state index contributed by atoms with van der Waals surface area (Å²) in [7, 11) is 1.70. The molecule has 0 spiro atoms. The third kappa shape index (κ3) is 2.58. The van der Waals surface area contributed by atoms with Gasteiger partial charge in [0.25, 0.3) is 0 Å². The van der Waals surface area contributed by atoms with Crippen LogP contribution in [0.4, 0.5) is 0 Å². The molecule has 0 amide bonds. The number of para-hydroxylation sites is 2. The number of rotatable bonds is 3. The molecule has 130 valence electrons. The fourth-order valence-corrected chi connectivity index (χ4v) is 3.81. The summed E-state index contributed by atoms with van der Waals surface area (Å²) in [4.78, 5) is 0. The summed E-state index contributed by atoms with van der Waals surface area (Å²) in [6.45, 7) is 0. The molecule has 0 bridgehead atoms. The van der Waals surface area contributed by atoms with E-state index in [0.717, 1.165) is 11.3 Å². The predicted molar refractivity (Wildman–Crippen MR) is 113 cm³/mol. The van der Waals surface area contributed by atoms with Gasteiger partial charge in [-0.2, -0.15) is 0 Å². The molecule has 0 aliphatic heterocycles. The van der Waals surface area contributed by atoms with Gasteiger partial charge in [-0.3, -0.25) is 0 Å². The summed E-state index contributed by atoms with van der Waals surface area (Å²) in [6, 6.07) is 34.0. The van der Waals surface area contributed by atoms with Crippen LogP contribution in [0.1, 0.15) is 0 Å². The Morgan fingerprint density at radius 1 is 0.593 bits per heavy atom. The standard InChI is InChI=1S/C25H19NO/c1-27-21-11-7-8-18(16-21)19-14-15-25-23(17-19)22-12-5-6-13-24(22)26(25)20-9-3-2-4-10-20/h2-17H,1H3. The Morgan fingerprint density at radius 2 is 1.33 bits per heavy atom.